The number of carbonyl (C=O) groups is 2. The fourth-order valence-electron chi connectivity index (χ4n) is 4.37. The topological polar surface area (TPSA) is 162 Å². The highest BCUT2D eigenvalue weighted by atomic mass is 32.2. The third-order valence-corrected chi connectivity index (χ3v) is 6.81. The zero-order valence-corrected chi connectivity index (χ0v) is 21.9. The summed E-state index contributed by atoms with van der Waals surface area (Å²) >= 11 is 0. The Morgan fingerprint density at radius 2 is 2.13 bits per heavy atom. The van der Waals surface area contributed by atoms with E-state index < -0.39 is 28.3 Å². The first-order chi connectivity index (χ1) is 18.5. The summed E-state index contributed by atoms with van der Waals surface area (Å²) in [5.41, 5.74) is 1.81. The number of amides is 1. The van der Waals surface area contributed by atoms with Crippen molar-refractivity contribution in [1.82, 2.24) is 19.7 Å². The van der Waals surface area contributed by atoms with Crippen LogP contribution in [-0.2, 0) is 25.8 Å². The molecule has 1 aliphatic carbocycles. The first-order valence-electron chi connectivity index (χ1n) is 12.0. The lowest BCUT2D eigenvalue weighted by Gasteiger charge is -2.17. The average Bonchev–Trinajstić information content (AvgIpc) is 3.52. The number of halogens is 1. The second kappa shape index (κ2) is 11.8. The zero-order chi connectivity index (χ0) is 28.2. The van der Waals surface area contributed by atoms with Crippen LogP contribution in [0.15, 0.2) is 61.7 Å². The minimum Gasteiger partial charge on any atom is -0.364 e. The minimum atomic E-state index is -4.12. The molecule has 1 fully saturated rings. The molecule has 2 heterocycles. The number of likely N-dealkylation sites (N-methyl/N-ethyl adjacent to an activating group) is 1. The molecule has 1 aromatic carbocycles. The third-order valence-electron chi connectivity index (χ3n) is 6.35. The Labute approximate surface area is 224 Å². The molecule has 3 atom stereocenters. The highest BCUT2D eigenvalue weighted by Gasteiger charge is 2.36. The molecule has 3 N–H and O–H groups in total. The second-order valence-corrected chi connectivity index (χ2v) is 10.4. The summed E-state index contributed by atoms with van der Waals surface area (Å²) < 4.78 is 43.0. The van der Waals surface area contributed by atoms with Crippen LogP contribution in [0.2, 0.25) is 0 Å². The van der Waals surface area contributed by atoms with Crippen LogP contribution in [0, 0.1) is 5.92 Å². The van der Waals surface area contributed by atoms with Crippen molar-refractivity contribution < 1.29 is 26.6 Å². The van der Waals surface area contributed by atoms with Gasteiger partial charge in [-0.05, 0) is 48.6 Å². The standard InChI is InChI=1S/C25H28FN7O5S/c1-3-23(34)32(2)18-6-4-5-16(9-18)13-33-8-7-21(31-33)24(35)19-12-28-15-29-25(19)30-22-11-17(10-20(22)26)14-38-39(27,36)37/h3-9,12,15,17,20,22H,1,10-11,13-14H2,2H3,(H2,27,36,37)(H,28,29,30)/t17-,20+,22-/m1/s1. The summed E-state index contributed by atoms with van der Waals surface area (Å²) in [6, 6.07) is 8.19. The molecule has 39 heavy (non-hydrogen) atoms. The van der Waals surface area contributed by atoms with Crippen molar-refractivity contribution in [3.05, 3.63) is 78.5 Å². The van der Waals surface area contributed by atoms with Crippen LogP contribution >= 0.6 is 0 Å². The Morgan fingerprint density at radius 1 is 1.33 bits per heavy atom. The first kappa shape index (κ1) is 28.0. The lowest BCUT2D eigenvalue weighted by atomic mass is 10.1. The van der Waals surface area contributed by atoms with Gasteiger partial charge in [0.05, 0.1) is 24.8 Å². The molecule has 0 bridgehead atoms. The van der Waals surface area contributed by atoms with Gasteiger partial charge in [0.2, 0.25) is 11.7 Å². The van der Waals surface area contributed by atoms with Crippen LogP contribution in [0.5, 0.6) is 0 Å². The molecule has 0 unspecified atom stereocenters. The summed E-state index contributed by atoms with van der Waals surface area (Å²) in [4.78, 5) is 34.7. The molecule has 0 saturated heterocycles. The summed E-state index contributed by atoms with van der Waals surface area (Å²) in [5.74, 6) is -0.921. The molecular formula is C25H28FN7O5S. The van der Waals surface area contributed by atoms with Crippen molar-refractivity contribution in [3.63, 3.8) is 0 Å². The number of nitrogens with two attached hydrogens (primary N) is 1. The average molecular weight is 558 g/mol. The SMILES string of the molecule is C=CC(=O)N(C)c1cccc(Cn2ccc(C(=O)c3cncnc3N[C@@H]3C[C@H](COS(N)(=O)=O)C[C@@H]3F)n2)c1. The molecular weight excluding hydrogens is 529 g/mol. The maximum absolute atomic E-state index is 14.7. The lowest BCUT2D eigenvalue weighted by Crippen LogP contribution is -2.27. The highest BCUT2D eigenvalue weighted by Crippen LogP contribution is 2.32. The summed E-state index contributed by atoms with van der Waals surface area (Å²) in [7, 11) is -2.47. The van der Waals surface area contributed by atoms with Crippen LogP contribution in [0.4, 0.5) is 15.9 Å². The molecule has 0 aliphatic heterocycles. The van der Waals surface area contributed by atoms with E-state index in [1.54, 1.807) is 30.1 Å². The van der Waals surface area contributed by atoms with E-state index in [1.165, 1.54) is 23.5 Å². The monoisotopic (exact) mass is 557 g/mol. The van der Waals surface area contributed by atoms with Crippen molar-refractivity contribution in [2.75, 3.05) is 23.9 Å². The van der Waals surface area contributed by atoms with Gasteiger partial charge in [-0.2, -0.15) is 13.5 Å². The number of nitrogens with one attached hydrogen (secondary N) is 1. The number of nitrogens with zero attached hydrogens (tertiary/aromatic N) is 5. The fraction of sp³-hybridized carbons (Fsp3) is 0.320. The van der Waals surface area contributed by atoms with Crippen LogP contribution in [-0.4, -0.2) is 65.7 Å². The quantitative estimate of drug-likeness (QED) is 0.265. The fourth-order valence-corrected chi connectivity index (χ4v) is 4.75. The number of carbonyl (C=O) groups excluding carboxylic acids is 2. The van der Waals surface area contributed by atoms with E-state index >= 15 is 0 Å². The van der Waals surface area contributed by atoms with Crippen LogP contribution < -0.4 is 15.4 Å². The molecule has 14 heteroatoms. The van der Waals surface area contributed by atoms with E-state index in [2.05, 4.69) is 31.1 Å². The lowest BCUT2D eigenvalue weighted by molar-refractivity contribution is -0.113. The Kier molecular flexibility index (Phi) is 8.47. The molecule has 0 spiro atoms. The molecule has 2 aromatic heterocycles. The summed E-state index contributed by atoms with van der Waals surface area (Å²) in [6.07, 6.45) is 4.47. The van der Waals surface area contributed by atoms with E-state index in [4.69, 9.17) is 5.14 Å². The van der Waals surface area contributed by atoms with E-state index in [9.17, 15) is 22.4 Å². The maximum atomic E-state index is 14.7. The van der Waals surface area contributed by atoms with Crippen molar-refractivity contribution in [3.8, 4) is 0 Å². The molecule has 4 rings (SSSR count). The van der Waals surface area contributed by atoms with Gasteiger partial charge in [0, 0.05) is 25.1 Å². The number of alkyl halides is 1. The maximum Gasteiger partial charge on any atom is 0.333 e. The number of ketones is 1. The van der Waals surface area contributed by atoms with Gasteiger partial charge < -0.3 is 10.2 Å². The molecule has 1 saturated carbocycles. The van der Waals surface area contributed by atoms with Gasteiger partial charge in [-0.3, -0.25) is 18.5 Å². The molecule has 0 radical (unpaired) electrons. The van der Waals surface area contributed by atoms with Crippen LogP contribution in [0.3, 0.4) is 0 Å². The van der Waals surface area contributed by atoms with Gasteiger partial charge in [-0.1, -0.05) is 18.7 Å². The molecule has 12 nitrogen and oxygen atoms in total. The van der Waals surface area contributed by atoms with E-state index in [0.717, 1.165) is 5.56 Å². The van der Waals surface area contributed by atoms with E-state index in [1.807, 2.05) is 18.2 Å². The molecule has 1 amide bonds. The predicted octanol–water partition coefficient (Wildman–Crippen LogP) is 1.85. The van der Waals surface area contributed by atoms with Crippen molar-refractivity contribution in [2.24, 2.45) is 11.1 Å². The van der Waals surface area contributed by atoms with Crippen LogP contribution in [0.25, 0.3) is 0 Å². The summed E-state index contributed by atoms with van der Waals surface area (Å²) in [5, 5.41) is 12.2. The highest BCUT2D eigenvalue weighted by molar-refractivity contribution is 7.84. The van der Waals surface area contributed by atoms with Crippen molar-refractivity contribution >= 4 is 33.5 Å². The normalized spacial score (nSPS) is 19.0. The van der Waals surface area contributed by atoms with E-state index in [0.29, 0.717) is 12.2 Å². The molecule has 1 aliphatic rings. The first-order valence-corrected chi connectivity index (χ1v) is 13.5. The number of rotatable bonds is 11. The largest absolute Gasteiger partial charge is 0.364 e. The Morgan fingerprint density at radius 3 is 2.87 bits per heavy atom. The second-order valence-electron chi connectivity index (χ2n) is 9.17. The zero-order valence-electron chi connectivity index (χ0n) is 21.1. The van der Waals surface area contributed by atoms with Gasteiger partial charge in [0.25, 0.3) is 0 Å². The predicted molar refractivity (Wildman–Crippen MR) is 141 cm³/mol. The number of hydrogen-bond acceptors (Lipinski definition) is 9. The Balaban J connectivity index is 1.45. The smallest absolute Gasteiger partial charge is 0.333 e. The number of hydrogen-bond donors (Lipinski definition) is 2. The Hall–Kier alpha value is -4.01. The third kappa shape index (κ3) is 7.10. The van der Waals surface area contributed by atoms with Gasteiger partial charge in [-0.25, -0.2) is 19.5 Å². The number of anilines is 2. The van der Waals surface area contributed by atoms with Crippen LogP contribution in [0.1, 0.15) is 34.5 Å². The van der Waals surface area contributed by atoms with Gasteiger partial charge >= 0.3 is 10.3 Å². The summed E-state index contributed by atoms with van der Waals surface area (Å²) in [6.45, 7) is 3.62. The number of aromatic nitrogens is 4. The van der Waals surface area contributed by atoms with Crippen molar-refractivity contribution in [1.29, 1.82) is 0 Å². The molecule has 206 valence electrons. The van der Waals surface area contributed by atoms with E-state index in [-0.39, 0.29) is 48.3 Å². The Bertz CT molecular complexity index is 1480. The van der Waals surface area contributed by atoms with Gasteiger partial charge in [0.1, 0.15) is 24.0 Å². The molecule has 3 aromatic rings. The number of benzene rings is 1. The van der Waals surface area contributed by atoms with Gasteiger partial charge in [-0.15, -0.1) is 0 Å². The van der Waals surface area contributed by atoms with Gasteiger partial charge in [0.15, 0.2) is 0 Å². The minimum absolute atomic E-state index is 0.0741. The van der Waals surface area contributed by atoms with Crippen molar-refractivity contribution in [2.45, 2.75) is 31.6 Å².